The monoisotopic (exact) mass is 383 g/mol. The molecule has 0 aliphatic carbocycles. The lowest BCUT2D eigenvalue weighted by atomic mass is 9.85. The molecule has 27 heavy (non-hydrogen) atoms. The zero-order valence-corrected chi connectivity index (χ0v) is 15.6. The first-order valence-corrected chi connectivity index (χ1v) is 8.88. The Morgan fingerprint density at radius 3 is 2.81 bits per heavy atom. The maximum Gasteiger partial charge on any atom is 0.226 e. The number of fused-ring (bicyclic) bond motifs is 1. The van der Waals surface area contributed by atoms with Crippen molar-refractivity contribution in [3.05, 3.63) is 64.3 Å². The number of anilines is 1. The number of carbonyl (C=O) groups excluding carboxylic acids is 1. The van der Waals surface area contributed by atoms with Gasteiger partial charge in [0.1, 0.15) is 5.82 Å². The smallest absolute Gasteiger partial charge is 0.226 e. The number of amides is 1. The van der Waals surface area contributed by atoms with Crippen LogP contribution in [-0.2, 0) is 4.79 Å². The van der Waals surface area contributed by atoms with E-state index in [1.165, 1.54) is 7.11 Å². The average molecular weight is 384 g/mol. The molecule has 7 heteroatoms. The van der Waals surface area contributed by atoms with E-state index in [1.807, 2.05) is 25.1 Å². The van der Waals surface area contributed by atoms with Crippen LogP contribution in [0.3, 0.4) is 0 Å². The van der Waals surface area contributed by atoms with E-state index in [0.717, 1.165) is 16.8 Å². The zero-order valence-electron chi connectivity index (χ0n) is 14.9. The number of nitrogens with one attached hydrogen (secondary N) is 1. The molecule has 2 aromatic carbocycles. The Hall–Kier alpha value is -2.99. The number of phenolic OH excluding ortho intramolecular Hbond substituents is 1. The quantitative estimate of drug-likeness (QED) is 0.716. The second-order valence-electron chi connectivity index (χ2n) is 6.45. The highest BCUT2D eigenvalue weighted by molar-refractivity contribution is 6.32. The van der Waals surface area contributed by atoms with Crippen LogP contribution in [0.25, 0.3) is 5.69 Å². The van der Waals surface area contributed by atoms with Crippen LogP contribution in [0.1, 0.15) is 29.2 Å². The maximum atomic E-state index is 12.4. The van der Waals surface area contributed by atoms with Crippen molar-refractivity contribution in [1.29, 1.82) is 0 Å². The van der Waals surface area contributed by atoms with Crippen LogP contribution in [0.15, 0.2) is 42.5 Å². The summed E-state index contributed by atoms with van der Waals surface area (Å²) in [4.78, 5) is 12.4. The lowest BCUT2D eigenvalue weighted by Crippen LogP contribution is -2.25. The highest BCUT2D eigenvalue weighted by atomic mass is 35.5. The number of para-hydroxylation sites is 1. The molecule has 138 valence electrons. The van der Waals surface area contributed by atoms with Crippen LogP contribution < -0.4 is 10.1 Å². The lowest BCUT2D eigenvalue weighted by molar-refractivity contribution is -0.116. The fourth-order valence-corrected chi connectivity index (χ4v) is 3.76. The topological polar surface area (TPSA) is 76.4 Å². The third kappa shape index (κ3) is 2.92. The summed E-state index contributed by atoms with van der Waals surface area (Å²) >= 11 is 6.34. The molecule has 1 aliphatic rings. The van der Waals surface area contributed by atoms with E-state index in [-0.39, 0.29) is 24.0 Å². The van der Waals surface area contributed by atoms with Crippen LogP contribution in [0.5, 0.6) is 11.5 Å². The van der Waals surface area contributed by atoms with Gasteiger partial charge in [-0.15, -0.1) is 0 Å². The molecule has 4 rings (SSSR count). The molecule has 1 atom stereocenters. The first-order valence-electron chi connectivity index (χ1n) is 8.50. The van der Waals surface area contributed by atoms with E-state index in [0.29, 0.717) is 22.3 Å². The molecular formula is C20H18ClN3O3. The van der Waals surface area contributed by atoms with Gasteiger partial charge < -0.3 is 15.2 Å². The summed E-state index contributed by atoms with van der Waals surface area (Å²) in [6.45, 7) is 1.91. The minimum Gasteiger partial charge on any atom is -0.504 e. The first kappa shape index (κ1) is 17.4. The highest BCUT2D eigenvalue weighted by Crippen LogP contribution is 2.42. The molecule has 0 bridgehead atoms. The summed E-state index contributed by atoms with van der Waals surface area (Å²) in [6, 6.07) is 12.5. The summed E-state index contributed by atoms with van der Waals surface area (Å²) in [5, 5.41) is 18.0. The Labute approximate surface area is 161 Å². The van der Waals surface area contributed by atoms with Crippen molar-refractivity contribution < 1.29 is 14.6 Å². The number of halogens is 1. The van der Waals surface area contributed by atoms with Gasteiger partial charge in [-0.25, -0.2) is 4.68 Å². The first-order chi connectivity index (χ1) is 13.0. The van der Waals surface area contributed by atoms with Gasteiger partial charge in [0, 0.05) is 17.9 Å². The SMILES string of the molecule is COc1cc([C@@H]2CC(=O)Nc3c2c(C)nn3-c2ccccc2Cl)ccc1O. The molecule has 2 heterocycles. The molecule has 2 N–H and O–H groups in total. The Morgan fingerprint density at radius 1 is 1.30 bits per heavy atom. The molecule has 0 spiro atoms. The number of methoxy groups -OCH3 is 1. The van der Waals surface area contributed by atoms with Crippen molar-refractivity contribution in [2.75, 3.05) is 12.4 Å². The molecular weight excluding hydrogens is 366 g/mol. The van der Waals surface area contributed by atoms with Crippen LogP contribution in [0, 0.1) is 6.92 Å². The number of carbonyl (C=O) groups is 1. The van der Waals surface area contributed by atoms with Crippen molar-refractivity contribution in [3.63, 3.8) is 0 Å². The van der Waals surface area contributed by atoms with Gasteiger partial charge in [-0.2, -0.15) is 5.10 Å². The summed E-state index contributed by atoms with van der Waals surface area (Å²) in [5.74, 6) is 0.752. The van der Waals surface area contributed by atoms with Gasteiger partial charge in [-0.05, 0) is 36.8 Å². The predicted octanol–water partition coefficient (Wildman–Crippen LogP) is 4.02. The molecule has 6 nitrogen and oxygen atoms in total. The van der Waals surface area contributed by atoms with Crippen LogP contribution in [-0.4, -0.2) is 27.9 Å². The number of hydrogen-bond donors (Lipinski definition) is 2. The molecule has 0 fully saturated rings. The van der Waals surface area contributed by atoms with Gasteiger partial charge in [0.15, 0.2) is 11.5 Å². The van der Waals surface area contributed by atoms with Gasteiger partial charge in [0.05, 0.1) is 23.5 Å². The number of hydrogen-bond acceptors (Lipinski definition) is 4. The Kier molecular flexibility index (Phi) is 4.28. The van der Waals surface area contributed by atoms with E-state index in [4.69, 9.17) is 16.3 Å². The van der Waals surface area contributed by atoms with Crippen molar-refractivity contribution in [1.82, 2.24) is 9.78 Å². The van der Waals surface area contributed by atoms with E-state index in [2.05, 4.69) is 10.4 Å². The predicted molar refractivity (Wildman–Crippen MR) is 103 cm³/mol. The fraction of sp³-hybridized carbons (Fsp3) is 0.200. The van der Waals surface area contributed by atoms with Crippen LogP contribution in [0.4, 0.5) is 5.82 Å². The highest BCUT2D eigenvalue weighted by Gasteiger charge is 2.33. The number of aryl methyl sites for hydroxylation is 1. The Bertz CT molecular complexity index is 1040. The number of phenols is 1. The number of benzene rings is 2. The van der Waals surface area contributed by atoms with E-state index in [9.17, 15) is 9.90 Å². The van der Waals surface area contributed by atoms with Gasteiger partial charge in [0.2, 0.25) is 5.91 Å². The number of ether oxygens (including phenoxy) is 1. The second-order valence-corrected chi connectivity index (χ2v) is 6.85. The standard InChI is InChI=1S/C20H18ClN3O3/c1-11-19-13(12-7-8-16(25)17(9-12)27-2)10-18(26)22-20(19)24(23-11)15-6-4-3-5-14(15)21/h3-9,13,25H,10H2,1-2H3,(H,22,26)/t13-/m0/s1. The van der Waals surface area contributed by atoms with E-state index >= 15 is 0 Å². The minimum absolute atomic E-state index is 0.0604. The van der Waals surface area contributed by atoms with Crippen molar-refractivity contribution in [3.8, 4) is 17.2 Å². The number of aromatic nitrogens is 2. The molecule has 1 aliphatic heterocycles. The maximum absolute atomic E-state index is 12.4. The minimum atomic E-state index is -0.195. The second kappa shape index (κ2) is 6.63. The normalized spacial score (nSPS) is 16.0. The molecule has 0 radical (unpaired) electrons. The van der Waals surface area contributed by atoms with E-state index < -0.39 is 0 Å². The van der Waals surface area contributed by atoms with Crippen molar-refractivity contribution >= 4 is 23.3 Å². The number of nitrogens with zero attached hydrogens (tertiary/aromatic N) is 2. The molecule has 0 saturated carbocycles. The van der Waals surface area contributed by atoms with Gasteiger partial charge in [0.25, 0.3) is 0 Å². The number of rotatable bonds is 3. The molecule has 1 amide bonds. The molecule has 1 aromatic heterocycles. The Balaban J connectivity index is 1.89. The average Bonchev–Trinajstić information content (AvgIpc) is 2.98. The summed E-state index contributed by atoms with van der Waals surface area (Å²) in [6.07, 6.45) is 0.288. The third-order valence-electron chi connectivity index (χ3n) is 4.79. The zero-order chi connectivity index (χ0) is 19.1. The summed E-state index contributed by atoms with van der Waals surface area (Å²) in [7, 11) is 1.50. The van der Waals surface area contributed by atoms with Crippen molar-refractivity contribution in [2.24, 2.45) is 0 Å². The van der Waals surface area contributed by atoms with E-state index in [1.54, 1.807) is 28.9 Å². The van der Waals surface area contributed by atoms with Crippen LogP contribution >= 0.6 is 11.6 Å². The third-order valence-corrected chi connectivity index (χ3v) is 5.11. The van der Waals surface area contributed by atoms with Crippen molar-refractivity contribution in [2.45, 2.75) is 19.3 Å². The Morgan fingerprint density at radius 2 is 2.07 bits per heavy atom. The summed E-state index contributed by atoms with van der Waals surface area (Å²) < 4.78 is 6.90. The van der Waals surface area contributed by atoms with Gasteiger partial charge >= 0.3 is 0 Å². The molecule has 0 unspecified atom stereocenters. The lowest BCUT2D eigenvalue weighted by Gasteiger charge is -2.25. The van der Waals surface area contributed by atoms with Crippen LogP contribution in [0.2, 0.25) is 5.02 Å². The van der Waals surface area contributed by atoms with Gasteiger partial charge in [-0.1, -0.05) is 29.8 Å². The molecule has 3 aromatic rings. The molecule has 0 saturated heterocycles. The fourth-order valence-electron chi connectivity index (χ4n) is 3.54. The van der Waals surface area contributed by atoms with Gasteiger partial charge in [-0.3, -0.25) is 4.79 Å². The number of aromatic hydroxyl groups is 1. The summed E-state index contributed by atoms with van der Waals surface area (Å²) in [5.41, 5.74) is 3.32. The largest absolute Gasteiger partial charge is 0.504 e.